The number of thioether (sulfide) groups is 1. The van der Waals surface area contributed by atoms with Crippen molar-refractivity contribution >= 4 is 23.8 Å². The average Bonchev–Trinajstić information content (AvgIpc) is 2.89. The van der Waals surface area contributed by atoms with Crippen molar-refractivity contribution in [1.82, 2.24) is 0 Å². The van der Waals surface area contributed by atoms with Crippen molar-refractivity contribution in [2.24, 2.45) is 5.92 Å². The number of carboxylic acids is 1. The Morgan fingerprint density at radius 3 is 2.50 bits per heavy atom. The Kier molecular flexibility index (Phi) is 8.15. The summed E-state index contributed by atoms with van der Waals surface area (Å²) in [6.45, 7) is 4.51. The molecule has 2 aromatic carbocycles. The van der Waals surface area contributed by atoms with Gasteiger partial charge in [0.15, 0.2) is 0 Å². The number of carbonyl (C=O) groups is 1. The van der Waals surface area contributed by atoms with Gasteiger partial charge >= 0.3 is 5.97 Å². The predicted molar refractivity (Wildman–Crippen MR) is 128 cm³/mol. The Labute approximate surface area is 184 Å². The van der Waals surface area contributed by atoms with Crippen LogP contribution in [0.5, 0.6) is 0 Å². The third-order valence-corrected chi connectivity index (χ3v) is 6.50. The highest BCUT2D eigenvalue weighted by molar-refractivity contribution is 8.03. The molecule has 2 nitrogen and oxygen atoms in total. The maximum atomic E-state index is 11.3. The van der Waals surface area contributed by atoms with Gasteiger partial charge in [0, 0.05) is 9.80 Å². The van der Waals surface area contributed by atoms with E-state index in [0.717, 1.165) is 35.7 Å². The zero-order valence-electron chi connectivity index (χ0n) is 17.8. The van der Waals surface area contributed by atoms with Gasteiger partial charge in [0.05, 0.1) is 6.42 Å². The lowest BCUT2D eigenvalue weighted by Crippen LogP contribution is -1.99. The second-order valence-electron chi connectivity index (χ2n) is 8.14. The minimum Gasteiger partial charge on any atom is -0.481 e. The van der Waals surface area contributed by atoms with Crippen LogP contribution in [0.3, 0.4) is 0 Å². The zero-order chi connectivity index (χ0) is 21.3. The first-order chi connectivity index (χ1) is 14.5. The van der Waals surface area contributed by atoms with Crippen LogP contribution in [0, 0.1) is 5.92 Å². The van der Waals surface area contributed by atoms with E-state index in [2.05, 4.69) is 62.4 Å². The summed E-state index contributed by atoms with van der Waals surface area (Å²) in [6.07, 6.45) is 12.3. The molecule has 30 heavy (non-hydrogen) atoms. The fourth-order valence-corrected chi connectivity index (χ4v) is 4.63. The van der Waals surface area contributed by atoms with E-state index < -0.39 is 5.97 Å². The summed E-state index contributed by atoms with van der Waals surface area (Å²) in [5.41, 5.74) is 4.85. The largest absolute Gasteiger partial charge is 0.481 e. The van der Waals surface area contributed by atoms with E-state index in [1.807, 2.05) is 24.3 Å². The average molecular weight is 419 g/mol. The Morgan fingerprint density at radius 2 is 1.77 bits per heavy atom. The molecule has 2 aromatic rings. The molecule has 0 saturated carbocycles. The summed E-state index contributed by atoms with van der Waals surface area (Å²) in [4.78, 5) is 13.6. The molecule has 3 rings (SSSR count). The lowest BCUT2D eigenvalue weighted by Gasteiger charge is -2.06. The molecule has 1 N–H and O–H groups in total. The SMILES string of the molecule is CC(C)CCc1ccc(/C=C/C=C/C2=C(CC(=O)O)CCc3ccccc3S2)cc1. The first kappa shape index (κ1) is 22.2. The van der Waals surface area contributed by atoms with E-state index in [1.165, 1.54) is 28.0 Å². The molecule has 0 atom stereocenters. The molecule has 0 unspecified atom stereocenters. The van der Waals surface area contributed by atoms with Gasteiger partial charge < -0.3 is 5.11 Å². The molecule has 1 aliphatic heterocycles. The molecular weight excluding hydrogens is 388 g/mol. The number of benzene rings is 2. The summed E-state index contributed by atoms with van der Waals surface area (Å²) in [6, 6.07) is 17.1. The molecule has 0 radical (unpaired) electrons. The number of hydrogen-bond donors (Lipinski definition) is 1. The van der Waals surface area contributed by atoms with Gasteiger partial charge in [-0.2, -0.15) is 0 Å². The van der Waals surface area contributed by atoms with Gasteiger partial charge in [-0.3, -0.25) is 4.79 Å². The summed E-state index contributed by atoms with van der Waals surface area (Å²) < 4.78 is 0. The van der Waals surface area contributed by atoms with Gasteiger partial charge in [-0.25, -0.2) is 0 Å². The van der Waals surface area contributed by atoms with E-state index >= 15 is 0 Å². The van der Waals surface area contributed by atoms with Crippen LogP contribution in [0.4, 0.5) is 0 Å². The van der Waals surface area contributed by atoms with Crippen molar-refractivity contribution < 1.29 is 9.90 Å². The quantitative estimate of drug-likeness (QED) is 0.457. The third-order valence-electron chi connectivity index (χ3n) is 5.24. The smallest absolute Gasteiger partial charge is 0.307 e. The number of aliphatic carboxylic acids is 1. The summed E-state index contributed by atoms with van der Waals surface area (Å²) >= 11 is 1.68. The first-order valence-corrected chi connectivity index (χ1v) is 11.5. The first-order valence-electron chi connectivity index (χ1n) is 10.6. The second-order valence-corrected chi connectivity index (χ2v) is 9.22. The van der Waals surface area contributed by atoms with Crippen LogP contribution in [-0.2, 0) is 17.6 Å². The molecule has 156 valence electrons. The van der Waals surface area contributed by atoms with Gasteiger partial charge in [-0.1, -0.05) is 86.3 Å². The molecule has 0 amide bonds. The van der Waals surface area contributed by atoms with Gasteiger partial charge in [0.2, 0.25) is 0 Å². The van der Waals surface area contributed by atoms with Crippen LogP contribution in [0.25, 0.3) is 6.08 Å². The highest BCUT2D eigenvalue weighted by atomic mass is 32.2. The zero-order valence-corrected chi connectivity index (χ0v) is 18.6. The normalized spacial score (nSPS) is 14.5. The van der Waals surface area contributed by atoms with Crippen LogP contribution in [0.2, 0.25) is 0 Å². The lowest BCUT2D eigenvalue weighted by atomic mass is 10.0. The van der Waals surface area contributed by atoms with E-state index in [4.69, 9.17) is 0 Å². The molecule has 0 fully saturated rings. The van der Waals surface area contributed by atoms with E-state index in [0.29, 0.717) is 0 Å². The Morgan fingerprint density at radius 1 is 1.03 bits per heavy atom. The maximum Gasteiger partial charge on any atom is 0.307 e. The van der Waals surface area contributed by atoms with Crippen molar-refractivity contribution in [2.75, 3.05) is 0 Å². The van der Waals surface area contributed by atoms with Crippen molar-refractivity contribution in [2.45, 2.75) is 50.8 Å². The topological polar surface area (TPSA) is 37.3 Å². The Hall–Kier alpha value is -2.52. The Balaban J connectivity index is 1.70. The number of fused-ring (bicyclic) bond motifs is 1. The highest BCUT2D eigenvalue weighted by Crippen LogP contribution is 2.38. The number of rotatable bonds is 8. The van der Waals surface area contributed by atoms with Gasteiger partial charge in [-0.15, -0.1) is 0 Å². The second kappa shape index (κ2) is 11.0. The minimum atomic E-state index is -0.768. The molecule has 0 aliphatic carbocycles. The van der Waals surface area contributed by atoms with E-state index in [9.17, 15) is 9.90 Å². The number of aryl methyl sites for hydroxylation is 2. The van der Waals surface area contributed by atoms with E-state index in [1.54, 1.807) is 11.8 Å². The standard InChI is InChI=1S/C27H30O2S/c1-20(2)11-12-22-15-13-21(14-16-22)7-3-5-10-26-24(19-27(28)29)18-17-23-8-4-6-9-25(23)30-26/h3-10,13-16,20H,11-12,17-19H2,1-2H3,(H,28,29)/b7-3+,10-5+. The minimum absolute atomic E-state index is 0.0994. The fourth-order valence-electron chi connectivity index (χ4n) is 3.48. The molecular formula is C27H30O2S. The summed E-state index contributed by atoms with van der Waals surface area (Å²) in [5.74, 6) is -0.0422. The molecule has 0 spiro atoms. The van der Waals surface area contributed by atoms with Crippen molar-refractivity contribution in [3.63, 3.8) is 0 Å². The molecule has 0 saturated heterocycles. The number of allylic oxidation sites excluding steroid dienone is 3. The molecule has 3 heteroatoms. The van der Waals surface area contributed by atoms with Crippen molar-refractivity contribution in [1.29, 1.82) is 0 Å². The molecule has 1 heterocycles. The van der Waals surface area contributed by atoms with Crippen LogP contribution in [-0.4, -0.2) is 11.1 Å². The van der Waals surface area contributed by atoms with Crippen LogP contribution in [0.1, 0.15) is 49.8 Å². The molecule has 1 aliphatic rings. The van der Waals surface area contributed by atoms with Crippen LogP contribution < -0.4 is 0 Å². The predicted octanol–water partition coefficient (Wildman–Crippen LogP) is 7.31. The van der Waals surface area contributed by atoms with Gasteiger partial charge in [0.1, 0.15) is 0 Å². The van der Waals surface area contributed by atoms with Crippen LogP contribution in [0.15, 0.2) is 82.1 Å². The third kappa shape index (κ3) is 6.77. The fraction of sp³-hybridized carbons (Fsp3) is 0.296. The summed E-state index contributed by atoms with van der Waals surface area (Å²) in [7, 11) is 0. The maximum absolute atomic E-state index is 11.3. The number of carboxylic acid groups (broad SMARTS) is 1. The van der Waals surface area contributed by atoms with Crippen LogP contribution >= 0.6 is 11.8 Å². The molecule has 0 bridgehead atoms. The van der Waals surface area contributed by atoms with Crippen molar-refractivity contribution in [3.05, 3.63) is 93.9 Å². The monoisotopic (exact) mass is 418 g/mol. The highest BCUT2D eigenvalue weighted by Gasteiger charge is 2.16. The van der Waals surface area contributed by atoms with Crippen molar-refractivity contribution in [3.8, 4) is 0 Å². The van der Waals surface area contributed by atoms with E-state index in [-0.39, 0.29) is 6.42 Å². The molecule has 0 aromatic heterocycles. The summed E-state index contributed by atoms with van der Waals surface area (Å²) in [5, 5.41) is 9.32. The van der Waals surface area contributed by atoms with Gasteiger partial charge in [-0.05, 0) is 66.0 Å². The lowest BCUT2D eigenvalue weighted by molar-refractivity contribution is -0.136. The number of hydrogen-bond acceptors (Lipinski definition) is 2. The van der Waals surface area contributed by atoms with Gasteiger partial charge in [0.25, 0.3) is 0 Å². The Bertz CT molecular complexity index is 949.